The van der Waals surface area contributed by atoms with Gasteiger partial charge >= 0.3 is 12.1 Å². The molecule has 0 saturated carbocycles. The van der Waals surface area contributed by atoms with Gasteiger partial charge in [-0.05, 0) is 28.7 Å². The Hall–Kier alpha value is -3.63. The largest absolute Gasteiger partial charge is 0.481 e. The zero-order valence-electron chi connectivity index (χ0n) is 18.5. The van der Waals surface area contributed by atoms with Crippen molar-refractivity contribution in [2.75, 3.05) is 19.7 Å². The summed E-state index contributed by atoms with van der Waals surface area (Å²) in [5.41, 5.74) is 3.84. The number of carboxylic acids is 1. The van der Waals surface area contributed by atoms with Crippen molar-refractivity contribution < 1.29 is 41.8 Å². The Bertz CT molecular complexity index is 1010. The molecule has 0 fully saturated rings. The molecule has 2 aromatic carbocycles. The van der Waals surface area contributed by atoms with Crippen molar-refractivity contribution in [2.45, 2.75) is 37.7 Å². The third-order valence-electron chi connectivity index (χ3n) is 5.61. The van der Waals surface area contributed by atoms with Crippen LogP contribution in [-0.2, 0) is 14.3 Å². The average molecular weight is 496 g/mol. The molecule has 1 unspecified atom stereocenters. The van der Waals surface area contributed by atoms with Crippen molar-refractivity contribution >= 4 is 18.0 Å². The summed E-state index contributed by atoms with van der Waals surface area (Å²) in [6.07, 6.45) is -8.36. The molecule has 1 aliphatic rings. The number of fused-ring (bicyclic) bond motifs is 3. The number of hydrogen-bond acceptors (Lipinski definition) is 4. The van der Waals surface area contributed by atoms with Crippen LogP contribution in [0.1, 0.15) is 29.9 Å². The van der Waals surface area contributed by atoms with Crippen LogP contribution < -0.4 is 5.32 Å². The lowest BCUT2D eigenvalue weighted by Gasteiger charge is -2.27. The highest BCUT2D eigenvalue weighted by molar-refractivity contribution is 5.86. The van der Waals surface area contributed by atoms with E-state index in [-0.39, 0.29) is 17.4 Å². The van der Waals surface area contributed by atoms with E-state index in [1.165, 1.54) is 0 Å². The molecule has 0 heterocycles. The van der Waals surface area contributed by atoms with E-state index in [9.17, 15) is 31.9 Å². The Balaban J connectivity index is 1.71. The molecule has 2 amide bonds. The van der Waals surface area contributed by atoms with E-state index < -0.39 is 62.8 Å². The Morgan fingerprint density at radius 3 is 1.91 bits per heavy atom. The molecule has 1 aliphatic carbocycles. The fraction of sp³-hybridized carbons (Fsp3) is 0.375. The number of aliphatic carboxylic acids is 1. The Kier molecular flexibility index (Phi) is 8.67. The number of nitrogens with one attached hydrogen (secondary N) is 1. The number of carbonyl (C=O) groups is 3. The van der Waals surface area contributed by atoms with Crippen LogP contribution in [0, 0.1) is 0 Å². The molecule has 3 rings (SSSR count). The van der Waals surface area contributed by atoms with Crippen molar-refractivity contribution in [3.63, 3.8) is 0 Å². The van der Waals surface area contributed by atoms with Gasteiger partial charge in [0.1, 0.15) is 12.6 Å². The number of alkyl carbamates (subject to hydrolysis) is 1. The molecule has 0 bridgehead atoms. The van der Waals surface area contributed by atoms with Crippen molar-refractivity contribution in [3.05, 3.63) is 59.7 Å². The first-order valence-corrected chi connectivity index (χ1v) is 10.9. The number of rotatable bonds is 11. The number of carboxylic acid groups (broad SMARTS) is 1. The Morgan fingerprint density at radius 1 is 0.914 bits per heavy atom. The fourth-order valence-electron chi connectivity index (χ4n) is 4.12. The molecule has 0 spiro atoms. The summed E-state index contributed by atoms with van der Waals surface area (Å²) < 4.78 is 56.6. The first-order valence-electron chi connectivity index (χ1n) is 10.9. The zero-order valence-corrected chi connectivity index (χ0v) is 18.5. The van der Waals surface area contributed by atoms with Gasteiger partial charge in [0.2, 0.25) is 5.91 Å². The number of benzene rings is 2. The molecule has 0 radical (unpaired) electrons. The molecular formula is C24H24F4N2O5. The highest BCUT2D eigenvalue weighted by Gasteiger charge is 2.32. The lowest BCUT2D eigenvalue weighted by atomic mass is 9.98. The maximum atomic E-state index is 12.8. The van der Waals surface area contributed by atoms with Crippen LogP contribution in [0.5, 0.6) is 0 Å². The minimum absolute atomic E-state index is 0.114. The van der Waals surface area contributed by atoms with Gasteiger partial charge in [-0.2, -0.15) is 0 Å². The molecule has 0 saturated heterocycles. The quantitative estimate of drug-likeness (QED) is 0.457. The maximum Gasteiger partial charge on any atom is 0.407 e. The third-order valence-corrected chi connectivity index (χ3v) is 5.61. The molecule has 0 aliphatic heterocycles. The molecule has 188 valence electrons. The van der Waals surface area contributed by atoms with Gasteiger partial charge in [-0.1, -0.05) is 48.5 Å². The van der Waals surface area contributed by atoms with E-state index in [1.807, 2.05) is 48.5 Å². The van der Waals surface area contributed by atoms with Crippen molar-refractivity contribution in [2.24, 2.45) is 0 Å². The van der Waals surface area contributed by atoms with E-state index in [0.29, 0.717) is 0 Å². The summed E-state index contributed by atoms with van der Waals surface area (Å²) in [5.74, 6) is -2.85. The van der Waals surface area contributed by atoms with Crippen LogP contribution in [0.4, 0.5) is 22.4 Å². The highest BCUT2D eigenvalue weighted by atomic mass is 19.3. The molecule has 0 aromatic heterocycles. The molecule has 7 nitrogen and oxygen atoms in total. The second-order valence-corrected chi connectivity index (χ2v) is 7.98. The number of halogens is 4. The van der Waals surface area contributed by atoms with E-state index in [1.54, 1.807) is 0 Å². The van der Waals surface area contributed by atoms with Gasteiger partial charge < -0.3 is 20.1 Å². The summed E-state index contributed by atoms with van der Waals surface area (Å²) in [5, 5.41) is 11.1. The van der Waals surface area contributed by atoms with Gasteiger partial charge in [0.15, 0.2) is 0 Å². The fourth-order valence-corrected chi connectivity index (χ4v) is 4.12. The summed E-state index contributed by atoms with van der Waals surface area (Å²) in [6.45, 7) is -2.67. The molecule has 1 atom stereocenters. The SMILES string of the molecule is O=C(O)CCC(NC(=O)OCC1c2ccccc2-c2ccccc21)C(=O)N(CC(F)F)CC(F)F. The van der Waals surface area contributed by atoms with Crippen LogP contribution in [0.3, 0.4) is 0 Å². The van der Waals surface area contributed by atoms with Crippen LogP contribution in [0.25, 0.3) is 11.1 Å². The smallest absolute Gasteiger partial charge is 0.407 e. The lowest BCUT2D eigenvalue weighted by molar-refractivity contribution is -0.139. The van der Waals surface area contributed by atoms with E-state index in [2.05, 4.69) is 5.32 Å². The third kappa shape index (κ3) is 6.71. The topological polar surface area (TPSA) is 95.9 Å². The predicted molar refractivity (Wildman–Crippen MR) is 117 cm³/mol. The van der Waals surface area contributed by atoms with Gasteiger partial charge in [-0.25, -0.2) is 22.4 Å². The minimum Gasteiger partial charge on any atom is -0.481 e. The van der Waals surface area contributed by atoms with Crippen molar-refractivity contribution in [3.8, 4) is 11.1 Å². The second kappa shape index (κ2) is 11.7. The Labute approximate surface area is 198 Å². The van der Waals surface area contributed by atoms with Gasteiger partial charge in [0.05, 0.1) is 13.1 Å². The normalized spacial score (nSPS) is 13.3. The average Bonchev–Trinajstić information content (AvgIpc) is 3.12. The van der Waals surface area contributed by atoms with E-state index in [0.717, 1.165) is 22.3 Å². The summed E-state index contributed by atoms with van der Waals surface area (Å²) in [6, 6.07) is 13.5. The summed E-state index contributed by atoms with van der Waals surface area (Å²) >= 11 is 0. The van der Waals surface area contributed by atoms with Crippen LogP contribution in [0.15, 0.2) is 48.5 Å². The first-order chi connectivity index (χ1) is 16.7. The van der Waals surface area contributed by atoms with E-state index in [4.69, 9.17) is 9.84 Å². The van der Waals surface area contributed by atoms with E-state index >= 15 is 0 Å². The zero-order chi connectivity index (χ0) is 25.5. The number of alkyl halides is 4. The number of amides is 2. The first kappa shape index (κ1) is 26.0. The number of nitrogens with zero attached hydrogens (tertiary/aromatic N) is 1. The van der Waals surface area contributed by atoms with Crippen molar-refractivity contribution in [1.29, 1.82) is 0 Å². The lowest BCUT2D eigenvalue weighted by Crippen LogP contribution is -2.51. The minimum atomic E-state index is -3.09. The summed E-state index contributed by atoms with van der Waals surface area (Å²) in [7, 11) is 0. The predicted octanol–water partition coefficient (Wildman–Crippen LogP) is 4.12. The summed E-state index contributed by atoms with van der Waals surface area (Å²) in [4.78, 5) is 36.3. The number of carbonyl (C=O) groups excluding carboxylic acids is 2. The highest BCUT2D eigenvalue weighted by Crippen LogP contribution is 2.44. The van der Waals surface area contributed by atoms with Gasteiger partial charge in [0, 0.05) is 12.3 Å². The second-order valence-electron chi connectivity index (χ2n) is 7.98. The Morgan fingerprint density at radius 2 is 1.43 bits per heavy atom. The molecule has 2 N–H and O–H groups in total. The molecule has 35 heavy (non-hydrogen) atoms. The molecule has 2 aromatic rings. The standard InChI is InChI=1S/C24H24F4N2O5/c25-20(26)11-30(12-21(27)28)23(33)19(9-10-22(31)32)29-24(34)35-13-18-16-7-3-1-5-14(16)15-6-2-4-8-17(15)18/h1-8,18-21H,9-13H2,(H,29,34)(H,31,32). The molecular weight excluding hydrogens is 472 g/mol. The van der Waals surface area contributed by atoms with Crippen LogP contribution in [0.2, 0.25) is 0 Å². The van der Waals surface area contributed by atoms with Crippen LogP contribution >= 0.6 is 0 Å². The van der Waals surface area contributed by atoms with Gasteiger partial charge in [-0.3, -0.25) is 9.59 Å². The number of hydrogen-bond donors (Lipinski definition) is 2. The maximum absolute atomic E-state index is 12.8. The van der Waals surface area contributed by atoms with Gasteiger partial charge in [0.25, 0.3) is 12.9 Å². The van der Waals surface area contributed by atoms with Gasteiger partial charge in [-0.15, -0.1) is 0 Å². The number of ether oxygens (including phenoxy) is 1. The van der Waals surface area contributed by atoms with Crippen molar-refractivity contribution in [1.82, 2.24) is 10.2 Å². The monoisotopic (exact) mass is 496 g/mol. The molecule has 11 heteroatoms. The van der Waals surface area contributed by atoms with Crippen LogP contribution in [-0.4, -0.2) is 66.6 Å².